The van der Waals surface area contributed by atoms with Gasteiger partial charge in [0.25, 0.3) is 0 Å². The van der Waals surface area contributed by atoms with Crippen LogP contribution in [0.4, 0.5) is 0 Å². The van der Waals surface area contributed by atoms with Gasteiger partial charge in [0.2, 0.25) is 5.75 Å². The Balaban J connectivity index is 3.39. The summed E-state index contributed by atoms with van der Waals surface area (Å²) >= 11 is 0. The first kappa shape index (κ1) is 20.1. The fourth-order valence-corrected chi connectivity index (χ4v) is 1.88. The molecule has 0 radical (unpaired) electrons. The van der Waals surface area contributed by atoms with Crippen LogP contribution in [0.25, 0.3) is 0 Å². The molecule has 0 heterocycles. The van der Waals surface area contributed by atoms with Crippen LogP contribution in [0.1, 0.15) is 71.2 Å². The molecule has 24 heavy (non-hydrogen) atoms. The second kappa shape index (κ2) is 9.40. The van der Waals surface area contributed by atoms with Crippen LogP contribution in [0.5, 0.6) is 17.2 Å². The second-order valence-corrected chi connectivity index (χ2v) is 6.12. The van der Waals surface area contributed by atoms with Crippen molar-refractivity contribution in [1.82, 2.24) is 0 Å². The van der Waals surface area contributed by atoms with E-state index in [-0.39, 0.29) is 23.9 Å². The molecule has 1 aromatic carbocycles. The highest BCUT2D eigenvalue weighted by Gasteiger charge is 2.22. The molecule has 0 bridgehead atoms. The summed E-state index contributed by atoms with van der Waals surface area (Å²) in [6, 6.07) is 3.02. The fourth-order valence-electron chi connectivity index (χ4n) is 1.88. The predicted octanol–water partition coefficient (Wildman–Crippen LogP) is 4.92. The van der Waals surface area contributed by atoms with Crippen molar-refractivity contribution in [2.24, 2.45) is 0 Å². The minimum atomic E-state index is -1.02. The Morgan fingerprint density at radius 2 is 1.25 bits per heavy atom. The van der Waals surface area contributed by atoms with Gasteiger partial charge in [0.1, 0.15) is 0 Å². The monoisotopic (exact) mass is 338 g/mol. The van der Waals surface area contributed by atoms with E-state index in [1.807, 2.05) is 41.5 Å². The van der Waals surface area contributed by atoms with Gasteiger partial charge >= 0.3 is 5.97 Å². The molecule has 0 aliphatic carbocycles. The number of rotatable bonds is 10. The molecule has 0 aliphatic rings. The van der Waals surface area contributed by atoms with Gasteiger partial charge in [-0.15, -0.1) is 0 Å². The third kappa shape index (κ3) is 5.62. The van der Waals surface area contributed by atoms with E-state index in [9.17, 15) is 9.90 Å². The van der Waals surface area contributed by atoms with Gasteiger partial charge in [0.05, 0.1) is 23.9 Å². The molecule has 0 spiro atoms. The number of aromatic carboxylic acids is 1. The Bertz CT molecular complexity index is 508. The molecular formula is C19H30O5. The summed E-state index contributed by atoms with van der Waals surface area (Å²) in [6.45, 7) is 11.9. The second-order valence-electron chi connectivity index (χ2n) is 6.12. The number of hydrogen-bond donors (Lipinski definition) is 1. The van der Waals surface area contributed by atoms with Crippen LogP contribution in [0.3, 0.4) is 0 Å². The lowest BCUT2D eigenvalue weighted by atomic mass is 10.1. The van der Waals surface area contributed by atoms with E-state index in [4.69, 9.17) is 14.2 Å². The van der Waals surface area contributed by atoms with Crippen molar-refractivity contribution in [3.8, 4) is 17.2 Å². The molecule has 5 heteroatoms. The topological polar surface area (TPSA) is 65.0 Å². The van der Waals surface area contributed by atoms with Crippen LogP contribution in [0.2, 0.25) is 0 Å². The van der Waals surface area contributed by atoms with Crippen LogP contribution in [0, 0.1) is 0 Å². The molecule has 1 N–H and O–H groups in total. The lowest BCUT2D eigenvalue weighted by Crippen LogP contribution is -2.17. The van der Waals surface area contributed by atoms with E-state index in [1.54, 1.807) is 0 Å². The largest absolute Gasteiger partial charge is 0.487 e. The zero-order chi connectivity index (χ0) is 18.3. The van der Waals surface area contributed by atoms with Gasteiger partial charge < -0.3 is 19.3 Å². The quantitative estimate of drug-likeness (QED) is 0.656. The van der Waals surface area contributed by atoms with Gasteiger partial charge in [-0.3, -0.25) is 0 Å². The highest BCUT2D eigenvalue weighted by Crippen LogP contribution is 2.41. The average Bonchev–Trinajstić information content (AvgIpc) is 2.56. The minimum absolute atomic E-state index is 0.0285. The zero-order valence-corrected chi connectivity index (χ0v) is 15.6. The maximum atomic E-state index is 11.5. The van der Waals surface area contributed by atoms with Gasteiger partial charge in [0.15, 0.2) is 11.5 Å². The van der Waals surface area contributed by atoms with Gasteiger partial charge in [-0.2, -0.15) is 0 Å². The third-order valence-corrected chi connectivity index (χ3v) is 3.97. The minimum Gasteiger partial charge on any atom is -0.487 e. The number of benzene rings is 1. The molecule has 0 saturated heterocycles. The first-order valence-corrected chi connectivity index (χ1v) is 8.73. The summed E-state index contributed by atoms with van der Waals surface area (Å²) in [5, 5.41) is 9.38. The van der Waals surface area contributed by atoms with Crippen molar-refractivity contribution in [2.45, 2.75) is 79.1 Å². The molecule has 1 rings (SSSR count). The number of carboxylic acid groups (broad SMARTS) is 1. The Morgan fingerprint density at radius 3 is 1.58 bits per heavy atom. The molecule has 3 atom stereocenters. The molecule has 0 aliphatic heterocycles. The van der Waals surface area contributed by atoms with Gasteiger partial charge in [0, 0.05) is 0 Å². The van der Waals surface area contributed by atoms with Gasteiger partial charge in [-0.05, 0) is 52.2 Å². The predicted molar refractivity (Wildman–Crippen MR) is 94.5 cm³/mol. The van der Waals surface area contributed by atoms with Crippen LogP contribution in [0.15, 0.2) is 12.1 Å². The average molecular weight is 338 g/mol. The number of ether oxygens (including phenoxy) is 3. The number of carbonyl (C=O) groups is 1. The first-order valence-electron chi connectivity index (χ1n) is 8.73. The Kier molecular flexibility index (Phi) is 7.89. The van der Waals surface area contributed by atoms with Crippen molar-refractivity contribution < 1.29 is 24.1 Å². The molecule has 0 saturated carbocycles. The zero-order valence-electron chi connectivity index (χ0n) is 15.6. The number of hydrogen-bond acceptors (Lipinski definition) is 4. The van der Waals surface area contributed by atoms with Crippen molar-refractivity contribution in [1.29, 1.82) is 0 Å². The summed E-state index contributed by atoms with van der Waals surface area (Å²) in [5.41, 5.74) is 0.128. The summed E-state index contributed by atoms with van der Waals surface area (Å²) in [7, 11) is 0. The standard InChI is InChI=1S/C19H30O5/c1-7-12(4)22-16-10-15(19(20)21)11-17(23-13(5)8-2)18(16)24-14(6)9-3/h10-14H,7-9H2,1-6H3,(H,20,21). The smallest absolute Gasteiger partial charge is 0.335 e. The molecule has 0 aromatic heterocycles. The van der Waals surface area contributed by atoms with E-state index >= 15 is 0 Å². The van der Waals surface area contributed by atoms with E-state index in [1.165, 1.54) is 12.1 Å². The normalized spacial score (nSPS) is 14.6. The molecule has 3 unspecified atom stereocenters. The van der Waals surface area contributed by atoms with Crippen LogP contribution in [-0.4, -0.2) is 29.4 Å². The van der Waals surface area contributed by atoms with Gasteiger partial charge in [-0.25, -0.2) is 4.79 Å². The van der Waals surface area contributed by atoms with Crippen molar-refractivity contribution in [3.05, 3.63) is 17.7 Å². The van der Waals surface area contributed by atoms with Crippen molar-refractivity contribution >= 4 is 5.97 Å². The highest BCUT2D eigenvalue weighted by atomic mass is 16.6. The van der Waals surface area contributed by atoms with Crippen LogP contribution >= 0.6 is 0 Å². The van der Waals surface area contributed by atoms with Crippen molar-refractivity contribution in [2.75, 3.05) is 0 Å². The molecule has 0 amide bonds. The highest BCUT2D eigenvalue weighted by molar-refractivity contribution is 5.89. The van der Waals surface area contributed by atoms with E-state index in [2.05, 4.69) is 0 Å². The van der Waals surface area contributed by atoms with Gasteiger partial charge in [-0.1, -0.05) is 20.8 Å². The molecule has 0 fully saturated rings. The van der Waals surface area contributed by atoms with E-state index in [0.717, 1.165) is 19.3 Å². The number of carboxylic acids is 1. The van der Waals surface area contributed by atoms with Crippen LogP contribution in [-0.2, 0) is 0 Å². The molecule has 5 nitrogen and oxygen atoms in total. The van der Waals surface area contributed by atoms with E-state index < -0.39 is 5.97 Å². The molecular weight excluding hydrogens is 308 g/mol. The summed E-state index contributed by atoms with van der Waals surface area (Å²) in [4.78, 5) is 11.5. The third-order valence-electron chi connectivity index (χ3n) is 3.97. The Hall–Kier alpha value is -1.91. The summed E-state index contributed by atoms with van der Waals surface area (Å²) < 4.78 is 17.8. The lowest BCUT2D eigenvalue weighted by molar-refractivity contribution is 0.0694. The van der Waals surface area contributed by atoms with E-state index in [0.29, 0.717) is 17.2 Å². The van der Waals surface area contributed by atoms with Crippen LogP contribution < -0.4 is 14.2 Å². The molecule has 1 aromatic rings. The maximum Gasteiger partial charge on any atom is 0.335 e. The SMILES string of the molecule is CCC(C)Oc1cc(C(=O)O)cc(OC(C)CC)c1OC(C)CC. The first-order chi connectivity index (χ1) is 11.3. The summed E-state index contributed by atoms with van der Waals surface area (Å²) in [6.07, 6.45) is 2.31. The maximum absolute atomic E-state index is 11.5. The molecule has 136 valence electrons. The Labute approximate surface area is 144 Å². The lowest BCUT2D eigenvalue weighted by Gasteiger charge is -2.23. The van der Waals surface area contributed by atoms with Crippen molar-refractivity contribution in [3.63, 3.8) is 0 Å². The Morgan fingerprint density at radius 1 is 0.875 bits per heavy atom. The summed E-state index contributed by atoms with van der Waals surface area (Å²) in [5.74, 6) is 0.300. The fraction of sp³-hybridized carbons (Fsp3) is 0.632.